The predicted molar refractivity (Wildman–Crippen MR) is 88.6 cm³/mol. The minimum Gasteiger partial charge on any atom is -0.457 e. The maximum absolute atomic E-state index is 12.4. The molecule has 1 aromatic carbocycles. The van der Waals surface area contributed by atoms with Gasteiger partial charge in [0.25, 0.3) is 0 Å². The van der Waals surface area contributed by atoms with Gasteiger partial charge < -0.3 is 9.47 Å². The lowest BCUT2D eigenvalue weighted by molar-refractivity contribution is -0.150. The topological polar surface area (TPSA) is 35.5 Å². The van der Waals surface area contributed by atoms with Gasteiger partial charge in [-0.05, 0) is 38.8 Å². The summed E-state index contributed by atoms with van der Waals surface area (Å²) in [6.45, 7) is 8.36. The molecule has 0 aliphatic heterocycles. The van der Waals surface area contributed by atoms with Crippen LogP contribution in [0.3, 0.4) is 0 Å². The van der Waals surface area contributed by atoms with E-state index in [-0.39, 0.29) is 18.5 Å². The molecule has 0 saturated carbocycles. The molecular weight excluding hydrogens is 276 g/mol. The monoisotopic (exact) mass is 300 g/mol. The van der Waals surface area contributed by atoms with E-state index < -0.39 is 5.60 Å². The zero-order valence-corrected chi connectivity index (χ0v) is 13.8. The molecular formula is C19H24O3. The standard InChI is InChI=1S/C19H24O3/c1-5-21-13-16(18(20)22-19(2,3)4)12-15-11-10-14-8-6-7-9-17(14)15/h6-12,15H,5,13H2,1-4H3. The first-order chi connectivity index (χ1) is 10.4. The van der Waals surface area contributed by atoms with E-state index in [1.807, 2.05) is 45.9 Å². The molecule has 0 spiro atoms. The van der Waals surface area contributed by atoms with Crippen molar-refractivity contribution in [1.29, 1.82) is 0 Å². The molecule has 1 atom stereocenters. The van der Waals surface area contributed by atoms with Crippen molar-refractivity contribution >= 4 is 12.0 Å². The number of ether oxygens (including phenoxy) is 2. The lowest BCUT2D eigenvalue weighted by Gasteiger charge is -2.21. The van der Waals surface area contributed by atoms with Crippen molar-refractivity contribution < 1.29 is 14.3 Å². The first-order valence-corrected chi connectivity index (χ1v) is 7.69. The van der Waals surface area contributed by atoms with Crippen molar-refractivity contribution in [1.82, 2.24) is 0 Å². The van der Waals surface area contributed by atoms with Gasteiger partial charge in [0, 0.05) is 12.5 Å². The Hall–Kier alpha value is -1.87. The maximum atomic E-state index is 12.4. The van der Waals surface area contributed by atoms with Gasteiger partial charge in [-0.2, -0.15) is 0 Å². The summed E-state index contributed by atoms with van der Waals surface area (Å²) in [5, 5.41) is 0. The Morgan fingerprint density at radius 3 is 2.68 bits per heavy atom. The summed E-state index contributed by atoms with van der Waals surface area (Å²) < 4.78 is 10.9. The fourth-order valence-electron chi connectivity index (χ4n) is 2.37. The highest BCUT2D eigenvalue weighted by Gasteiger charge is 2.22. The smallest absolute Gasteiger partial charge is 0.336 e. The van der Waals surface area contributed by atoms with Gasteiger partial charge in [-0.1, -0.05) is 42.5 Å². The molecule has 1 aliphatic carbocycles. The SMILES string of the molecule is CCOCC(=CC1C=Cc2ccccc21)C(=O)OC(C)(C)C. The maximum Gasteiger partial charge on any atom is 0.336 e. The summed E-state index contributed by atoms with van der Waals surface area (Å²) in [5.41, 5.74) is 2.47. The summed E-state index contributed by atoms with van der Waals surface area (Å²) in [7, 11) is 0. The van der Waals surface area contributed by atoms with Gasteiger partial charge >= 0.3 is 5.97 Å². The lowest BCUT2D eigenvalue weighted by Crippen LogP contribution is -2.26. The van der Waals surface area contributed by atoms with Crippen molar-refractivity contribution in [3.05, 3.63) is 53.1 Å². The average molecular weight is 300 g/mol. The second-order valence-electron chi connectivity index (χ2n) is 6.34. The third kappa shape index (κ3) is 4.31. The summed E-state index contributed by atoms with van der Waals surface area (Å²) in [4.78, 5) is 12.4. The van der Waals surface area contributed by atoms with Crippen LogP contribution in [0.4, 0.5) is 0 Å². The number of fused-ring (bicyclic) bond motifs is 1. The molecule has 22 heavy (non-hydrogen) atoms. The number of carbonyl (C=O) groups is 1. The predicted octanol–water partition coefficient (Wildman–Crippen LogP) is 4.10. The Morgan fingerprint density at radius 1 is 1.27 bits per heavy atom. The van der Waals surface area contributed by atoms with E-state index in [0.717, 1.165) is 0 Å². The van der Waals surface area contributed by atoms with Crippen molar-refractivity contribution in [3.63, 3.8) is 0 Å². The van der Waals surface area contributed by atoms with Crippen LogP contribution in [-0.2, 0) is 14.3 Å². The quantitative estimate of drug-likeness (QED) is 0.606. The molecule has 0 N–H and O–H groups in total. The Kier molecular flexibility index (Phi) is 5.19. The van der Waals surface area contributed by atoms with Crippen molar-refractivity contribution in [3.8, 4) is 0 Å². The van der Waals surface area contributed by atoms with Crippen LogP contribution in [0.25, 0.3) is 6.08 Å². The highest BCUT2D eigenvalue weighted by molar-refractivity contribution is 5.89. The molecule has 0 heterocycles. The van der Waals surface area contributed by atoms with Gasteiger partial charge in [0.2, 0.25) is 0 Å². The Morgan fingerprint density at radius 2 is 2.00 bits per heavy atom. The van der Waals surface area contributed by atoms with Crippen LogP contribution in [0, 0.1) is 0 Å². The number of hydrogen-bond acceptors (Lipinski definition) is 3. The van der Waals surface area contributed by atoms with Gasteiger partial charge in [0.15, 0.2) is 0 Å². The molecule has 3 heteroatoms. The number of esters is 1. The van der Waals surface area contributed by atoms with E-state index in [9.17, 15) is 4.79 Å². The zero-order valence-electron chi connectivity index (χ0n) is 13.8. The van der Waals surface area contributed by atoms with E-state index in [4.69, 9.17) is 9.47 Å². The molecule has 1 unspecified atom stereocenters. The summed E-state index contributed by atoms with van der Waals surface area (Å²) in [6, 6.07) is 8.20. The molecule has 0 radical (unpaired) electrons. The second-order valence-corrected chi connectivity index (χ2v) is 6.34. The van der Waals surface area contributed by atoms with Crippen molar-refractivity contribution in [2.45, 2.75) is 39.2 Å². The molecule has 1 aromatic rings. The lowest BCUT2D eigenvalue weighted by atomic mass is 9.98. The van der Waals surface area contributed by atoms with Crippen molar-refractivity contribution in [2.24, 2.45) is 0 Å². The third-order valence-corrected chi connectivity index (χ3v) is 3.34. The van der Waals surface area contributed by atoms with Crippen LogP contribution in [0.1, 0.15) is 44.7 Å². The van der Waals surface area contributed by atoms with E-state index in [0.29, 0.717) is 12.2 Å². The summed E-state index contributed by atoms with van der Waals surface area (Å²) in [6.07, 6.45) is 6.14. The minimum absolute atomic E-state index is 0.0965. The Bertz CT molecular complexity index is 591. The number of allylic oxidation sites excluding steroid dienone is 2. The van der Waals surface area contributed by atoms with Crippen LogP contribution in [-0.4, -0.2) is 24.8 Å². The van der Waals surface area contributed by atoms with Crippen LogP contribution in [0.5, 0.6) is 0 Å². The van der Waals surface area contributed by atoms with Gasteiger partial charge in [-0.15, -0.1) is 0 Å². The second kappa shape index (κ2) is 6.93. The Balaban J connectivity index is 2.22. The van der Waals surface area contributed by atoms with Gasteiger partial charge in [0.05, 0.1) is 12.2 Å². The molecule has 0 bridgehead atoms. The van der Waals surface area contributed by atoms with Crippen LogP contribution in [0.2, 0.25) is 0 Å². The summed E-state index contributed by atoms with van der Waals surface area (Å²) in [5.74, 6) is -0.210. The molecule has 0 aromatic heterocycles. The van der Waals surface area contributed by atoms with Crippen molar-refractivity contribution in [2.75, 3.05) is 13.2 Å². The largest absolute Gasteiger partial charge is 0.457 e. The molecule has 1 aliphatic rings. The highest BCUT2D eigenvalue weighted by atomic mass is 16.6. The zero-order chi connectivity index (χ0) is 16.2. The fraction of sp³-hybridized carbons (Fsp3) is 0.421. The minimum atomic E-state index is -0.508. The molecule has 0 amide bonds. The normalized spacial score (nSPS) is 17.5. The number of hydrogen-bond donors (Lipinski definition) is 0. The van der Waals surface area contributed by atoms with Gasteiger partial charge in [0.1, 0.15) is 5.60 Å². The molecule has 0 fully saturated rings. The Labute approximate surface area is 132 Å². The van der Waals surface area contributed by atoms with Crippen LogP contribution < -0.4 is 0 Å². The number of rotatable bonds is 5. The first kappa shape index (κ1) is 16.5. The van der Waals surface area contributed by atoms with E-state index in [1.165, 1.54) is 11.1 Å². The van der Waals surface area contributed by atoms with Crippen LogP contribution in [0.15, 0.2) is 42.0 Å². The number of carbonyl (C=O) groups excluding carboxylic acids is 1. The van der Waals surface area contributed by atoms with E-state index >= 15 is 0 Å². The molecule has 0 saturated heterocycles. The highest BCUT2D eigenvalue weighted by Crippen LogP contribution is 2.31. The van der Waals surface area contributed by atoms with E-state index in [1.54, 1.807) is 0 Å². The first-order valence-electron chi connectivity index (χ1n) is 7.69. The molecule has 118 valence electrons. The molecule has 2 rings (SSSR count). The van der Waals surface area contributed by atoms with E-state index in [2.05, 4.69) is 24.3 Å². The fourth-order valence-corrected chi connectivity index (χ4v) is 2.37. The number of benzene rings is 1. The summed E-state index contributed by atoms with van der Waals surface area (Å²) >= 11 is 0. The third-order valence-electron chi connectivity index (χ3n) is 3.34. The van der Waals surface area contributed by atoms with Gasteiger partial charge in [-0.3, -0.25) is 0 Å². The van der Waals surface area contributed by atoms with Crippen LogP contribution >= 0.6 is 0 Å². The average Bonchev–Trinajstić information content (AvgIpc) is 2.84. The van der Waals surface area contributed by atoms with Gasteiger partial charge in [-0.25, -0.2) is 4.79 Å². The molecule has 3 nitrogen and oxygen atoms in total.